The second kappa shape index (κ2) is 7.37. The number of hydrogen-bond donors (Lipinski definition) is 1. The number of likely N-dealkylation sites (N-methyl/N-ethyl adjacent to an activating group) is 1. The molecule has 0 aromatic carbocycles. The van der Waals surface area contributed by atoms with Crippen LogP contribution in [0.3, 0.4) is 0 Å². The van der Waals surface area contributed by atoms with Crippen LogP contribution in [0.15, 0.2) is 16.9 Å². The van der Waals surface area contributed by atoms with Crippen molar-refractivity contribution in [1.29, 1.82) is 0 Å². The van der Waals surface area contributed by atoms with E-state index in [-0.39, 0.29) is 11.9 Å². The lowest BCUT2D eigenvalue weighted by Gasteiger charge is -2.36. The summed E-state index contributed by atoms with van der Waals surface area (Å²) in [6.07, 6.45) is 3.62. The molecule has 8 nitrogen and oxygen atoms in total. The molecule has 0 bridgehead atoms. The highest BCUT2D eigenvalue weighted by molar-refractivity contribution is 5.83. The quantitative estimate of drug-likeness (QED) is 0.855. The molecular formula is C17H26N6O2. The first-order valence-corrected chi connectivity index (χ1v) is 8.58. The summed E-state index contributed by atoms with van der Waals surface area (Å²) in [7, 11) is 3.66. The molecule has 2 aromatic rings. The number of aromatic nitrogens is 3. The van der Waals surface area contributed by atoms with Gasteiger partial charge in [-0.25, -0.2) is 0 Å². The van der Waals surface area contributed by atoms with Crippen LogP contribution in [-0.4, -0.2) is 63.9 Å². The lowest BCUT2D eigenvalue weighted by atomic mass is 10.1. The molecule has 0 aliphatic carbocycles. The number of nitrogens with zero attached hydrogens (tertiary/aromatic N) is 5. The minimum atomic E-state index is -0.345. The van der Waals surface area contributed by atoms with E-state index in [1.807, 2.05) is 39.0 Å². The van der Waals surface area contributed by atoms with Crippen LogP contribution in [0.4, 0.5) is 0 Å². The van der Waals surface area contributed by atoms with Crippen LogP contribution in [0.5, 0.6) is 0 Å². The summed E-state index contributed by atoms with van der Waals surface area (Å²) in [5.41, 5.74) is 3.00. The van der Waals surface area contributed by atoms with E-state index < -0.39 is 0 Å². The first-order chi connectivity index (χ1) is 12.0. The lowest BCUT2D eigenvalue weighted by molar-refractivity contribution is -0.135. The number of amides is 1. The average Bonchev–Trinajstić information content (AvgIpc) is 3.16. The molecule has 2 aromatic heterocycles. The van der Waals surface area contributed by atoms with Crippen LogP contribution >= 0.6 is 0 Å². The number of carbonyl (C=O) groups is 1. The smallest absolute Gasteiger partial charge is 0.244 e. The predicted octanol–water partition coefficient (Wildman–Crippen LogP) is 0.630. The van der Waals surface area contributed by atoms with Crippen molar-refractivity contribution in [2.45, 2.75) is 26.4 Å². The maximum absolute atomic E-state index is 12.9. The van der Waals surface area contributed by atoms with Gasteiger partial charge in [-0.1, -0.05) is 5.16 Å². The molecule has 3 rings (SSSR count). The Morgan fingerprint density at radius 2 is 2.04 bits per heavy atom. The standard InChI is InChI=1S/C17H26N6O2/c1-12-15(13(2)25-20-12)11-22-5-7-23(8-6-22)17(24)16(18-3)14-9-19-21(4)10-14/h9-10,16,18H,5-8,11H2,1-4H3. The third-order valence-electron chi connectivity index (χ3n) is 4.84. The Hall–Kier alpha value is -2.19. The third-order valence-corrected chi connectivity index (χ3v) is 4.84. The largest absolute Gasteiger partial charge is 0.361 e. The zero-order valence-corrected chi connectivity index (χ0v) is 15.3. The molecule has 8 heteroatoms. The van der Waals surface area contributed by atoms with Gasteiger partial charge in [0, 0.05) is 57.1 Å². The summed E-state index contributed by atoms with van der Waals surface area (Å²) in [5.74, 6) is 0.982. The molecule has 0 saturated carbocycles. The van der Waals surface area contributed by atoms with Crippen molar-refractivity contribution in [2.24, 2.45) is 7.05 Å². The first kappa shape index (κ1) is 17.6. The highest BCUT2D eigenvalue weighted by Gasteiger charge is 2.28. The van der Waals surface area contributed by atoms with Crippen LogP contribution in [0, 0.1) is 13.8 Å². The summed E-state index contributed by atoms with van der Waals surface area (Å²) in [6, 6.07) is -0.345. The molecule has 0 radical (unpaired) electrons. The molecule has 1 unspecified atom stereocenters. The molecule has 0 spiro atoms. The van der Waals surface area contributed by atoms with Crippen LogP contribution in [-0.2, 0) is 18.4 Å². The van der Waals surface area contributed by atoms with E-state index in [0.29, 0.717) is 0 Å². The van der Waals surface area contributed by atoms with Gasteiger partial charge in [0.2, 0.25) is 5.91 Å². The van der Waals surface area contributed by atoms with E-state index in [1.54, 1.807) is 10.9 Å². The maximum atomic E-state index is 12.9. The van der Waals surface area contributed by atoms with Crippen molar-refractivity contribution in [2.75, 3.05) is 33.2 Å². The number of piperazine rings is 1. The third kappa shape index (κ3) is 3.74. The van der Waals surface area contributed by atoms with E-state index in [4.69, 9.17) is 4.52 Å². The summed E-state index contributed by atoms with van der Waals surface area (Å²) in [6.45, 7) is 7.87. The van der Waals surface area contributed by atoms with Gasteiger partial charge in [-0.3, -0.25) is 14.4 Å². The number of hydrogen-bond acceptors (Lipinski definition) is 6. The summed E-state index contributed by atoms with van der Waals surface area (Å²) in [5, 5.41) is 11.3. The average molecular weight is 346 g/mol. The van der Waals surface area contributed by atoms with Crippen LogP contribution in [0.2, 0.25) is 0 Å². The number of rotatable bonds is 5. The van der Waals surface area contributed by atoms with Crippen molar-refractivity contribution in [3.8, 4) is 0 Å². The number of aryl methyl sites for hydroxylation is 3. The molecule has 25 heavy (non-hydrogen) atoms. The summed E-state index contributed by atoms with van der Waals surface area (Å²) < 4.78 is 6.95. The number of carbonyl (C=O) groups excluding carboxylic acids is 1. The second-order valence-electron chi connectivity index (χ2n) is 6.57. The van der Waals surface area contributed by atoms with Gasteiger partial charge in [0.05, 0.1) is 11.9 Å². The molecule has 3 heterocycles. The Morgan fingerprint density at radius 1 is 1.32 bits per heavy atom. The van der Waals surface area contributed by atoms with Crippen molar-refractivity contribution in [1.82, 2.24) is 30.1 Å². The SMILES string of the molecule is CNC(C(=O)N1CCN(Cc2c(C)noc2C)CC1)c1cnn(C)c1. The molecule has 1 amide bonds. The van der Waals surface area contributed by atoms with Gasteiger partial charge in [-0.2, -0.15) is 5.10 Å². The Balaban J connectivity index is 1.58. The summed E-state index contributed by atoms with van der Waals surface area (Å²) in [4.78, 5) is 17.1. The van der Waals surface area contributed by atoms with E-state index >= 15 is 0 Å². The van der Waals surface area contributed by atoms with E-state index in [9.17, 15) is 4.79 Å². The zero-order valence-electron chi connectivity index (χ0n) is 15.3. The maximum Gasteiger partial charge on any atom is 0.244 e. The van der Waals surface area contributed by atoms with Gasteiger partial charge in [0.15, 0.2) is 0 Å². The van der Waals surface area contributed by atoms with Gasteiger partial charge in [-0.05, 0) is 20.9 Å². The molecule has 1 atom stereocenters. The summed E-state index contributed by atoms with van der Waals surface area (Å²) >= 11 is 0. The molecular weight excluding hydrogens is 320 g/mol. The minimum absolute atomic E-state index is 0.104. The minimum Gasteiger partial charge on any atom is -0.361 e. The first-order valence-electron chi connectivity index (χ1n) is 8.58. The van der Waals surface area contributed by atoms with Gasteiger partial charge in [0.1, 0.15) is 11.8 Å². The molecule has 1 N–H and O–H groups in total. The van der Waals surface area contributed by atoms with E-state index in [1.165, 1.54) is 0 Å². The highest BCUT2D eigenvalue weighted by atomic mass is 16.5. The van der Waals surface area contributed by atoms with Crippen molar-refractivity contribution in [3.05, 3.63) is 35.0 Å². The highest BCUT2D eigenvalue weighted by Crippen LogP contribution is 2.19. The van der Waals surface area contributed by atoms with Crippen molar-refractivity contribution in [3.63, 3.8) is 0 Å². The Morgan fingerprint density at radius 3 is 2.56 bits per heavy atom. The van der Waals surface area contributed by atoms with E-state index in [2.05, 4.69) is 20.5 Å². The molecule has 1 fully saturated rings. The van der Waals surface area contributed by atoms with Crippen molar-refractivity contribution >= 4 is 5.91 Å². The monoisotopic (exact) mass is 346 g/mol. The Kier molecular flexibility index (Phi) is 5.19. The predicted molar refractivity (Wildman–Crippen MR) is 92.8 cm³/mol. The Labute approximate surface area is 147 Å². The molecule has 1 saturated heterocycles. The van der Waals surface area contributed by atoms with Gasteiger partial charge < -0.3 is 14.7 Å². The normalized spacial score (nSPS) is 17.0. The van der Waals surface area contributed by atoms with E-state index in [0.717, 1.165) is 55.3 Å². The second-order valence-corrected chi connectivity index (χ2v) is 6.57. The number of nitrogens with one attached hydrogen (secondary N) is 1. The molecule has 1 aliphatic heterocycles. The fraction of sp³-hybridized carbons (Fsp3) is 0.588. The van der Waals surface area contributed by atoms with Gasteiger partial charge in [-0.15, -0.1) is 0 Å². The van der Waals surface area contributed by atoms with Gasteiger partial charge >= 0.3 is 0 Å². The molecule has 136 valence electrons. The van der Waals surface area contributed by atoms with Crippen LogP contribution in [0.25, 0.3) is 0 Å². The Bertz CT molecular complexity index is 710. The lowest BCUT2D eigenvalue weighted by Crippen LogP contribution is -2.51. The topological polar surface area (TPSA) is 79.4 Å². The fourth-order valence-electron chi connectivity index (χ4n) is 3.28. The van der Waals surface area contributed by atoms with Crippen molar-refractivity contribution < 1.29 is 9.32 Å². The van der Waals surface area contributed by atoms with Crippen LogP contribution < -0.4 is 5.32 Å². The van der Waals surface area contributed by atoms with Crippen LogP contribution in [0.1, 0.15) is 28.6 Å². The van der Waals surface area contributed by atoms with Gasteiger partial charge in [0.25, 0.3) is 0 Å². The zero-order chi connectivity index (χ0) is 18.0. The fourth-order valence-corrected chi connectivity index (χ4v) is 3.28. The molecule has 1 aliphatic rings.